The number of rotatable bonds is 7. The van der Waals surface area contributed by atoms with E-state index in [-0.39, 0.29) is 30.6 Å². The van der Waals surface area contributed by atoms with Crippen LogP contribution in [-0.4, -0.2) is 17.7 Å². The van der Waals surface area contributed by atoms with Crippen molar-refractivity contribution in [1.82, 2.24) is 5.32 Å². The van der Waals surface area contributed by atoms with E-state index in [0.29, 0.717) is 45.6 Å². The van der Waals surface area contributed by atoms with E-state index in [2.05, 4.69) is 10.6 Å². The Hall–Kier alpha value is -4.17. The zero-order valence-corrected chi connectivity index (χ0v) is 23.6. The van der Waals surface area contributed by atoms with Gasteiger partial charge in [0.1, 0.15) is 0 Å². The summed E-state index contributed by atoms with van der Waals surface area (Å²) in [4.78, 5) is 41.7. The van der Waals surface area contributed by atoms with Crippen LogP contribution in [0.3, 0.4) is 0 Å². The van der Waals surface area contributed by atoms with E-state index in [0.717, 1.165) is 16.7 Å². The summed E-state index contributed by atoms with van der Waals surface area (Å²) in [7, 11) is 0. The van der Waals surface area contributed by atoms with Crippen molar-refractivity contribution in [2.45, 2.75) is 32.0 Å². The van der Waals surface area contributed by atoms with Gasteiger partial charge in [0, 0.05) is 28.7 Å². The van der Waals surface area contributed by atoms with Crippen molar-refractivity contribution in [3.63, 3.8) is 0 Å². The summed E-state index contributed by atoms with van der Waals surface area (Å²) in [6.07, 6.45) is 0.0792. The van der Waals surface area contributed by atoms with Crippen LogP contribution >= 0.6 is 23.2 Å². The molecule has 0 spiro atoms. The van der Waals surface area contributed by atoms with E-state index < -0.39 is 6.04 Å². The van der Waals surface area contributed by atoms with Crippen molar-refractivity contribution in [3.05, 3.63) is 129 Å². The Labute approximate surface area is 248 Å². The number of halogens is 2. The first-order valence-electron chi connectivity index (χ1n) is 13.1. The average Bonchev–Trinajstić information content (AvgIpc) is 3.11. The Bertz CT molecular complexity index is 1610. The molecule has 41 heavy (non-hydrogen) atoms. The van der Waals surface area contributed by atoms with Crippen LogP contribution in [0.2, 0.25) is 10.0 Å². The van der Waals surface area contributed by atoms with Gasteiger partial charge in [-0.1, -0.05) is 83.9 Å². The third-order valence-electron chi connectivity index (χ3n) is 6.95. The minimum absolute atomic E-state index is 0.0322. The van der Waals surface area contributed by atoms with Crippen molar-refractivity contribution in [2.75, 3.05) is 10.2 Å². The molecule has 9 heteroatoms. The minimum Gasteiger partial charge on any atom is -0.348 e. The molecule has 0 radical (unpaired) electrons. The van der Waals surface area contributed by atoms with Crippen molar-refractivity contribution in [2.24, 2.45) is 5.73 Å². The smallest absolute Gasteiger partial charge is 0.251 e. The maximum Gasteiger partial charge on any atom is 0.251 e. The number of anilines is 2. The summed E-state index contributed by atoms with van der Waals surface area (Å²) >= 11 is 12.7. The number of nitrogens with one attached hydrogen (secondary N) is 2. The molecule has 5 rings (SSSR count). The van der Waals surface area contributed by atoms with Crippen LogP contribution in [-0.2, 0) is 29.1 Å². The number of carbonyl (C=O) groups is 3. The number of nitrogens with zero attached hydrogens (tertiary/aromatic N) is 1. The van der Waals surface area contributed by atoms with Crippen molar-refractivity contribution in [1.29, 1.82) is 0 Å². The number of hydrogen-bond acceptors (Lipinski definition) is 4. The van der Waals surface area contributed by atoms with Gasteiger partial charge in [-0.25, -0.2) is 0 Å². The lowest BCUT2D eigenvalue weighted by molar-refractivity contribution is -0.119. The molecule has 1 heterocycles. The lowest BCUT2D eigenvalue weighted by Crippen LogP contribution is -2.36. The second kappa shape index (κ2) is 12.6. The fourth-order valence-electron chi connectivity index (χ4n) is 4.96. The molecule has 1 aliphatic heterocycles. The number of nitrogens with two attached hydrogens (primary N) is 1. The molecule has 4 aromatic rings. The Kier molecular flexibility index (Phi) is 8.69. The van der Waals surface area contributed by atoms with Gasteiger partial charge in [0.25, 0.3) is 5.91 Å². The summed E-state index contributed by atoms with van der Waals surface area (Å²) in [5.74, 6) is -0.848. The van der Waals surface area contributed by atoms with E-state index in [1.807, 2.05) is 54.6 Å². The summed E-state index contributed by atoms with van der Waals surface area (Å²) < 4.78 is 0. The summed E-state index contributed by atoms with van der Waals surface area (Å²) in [6.45, 7) is 0.725. The zero-order chi connectivity index (χ0) is 28.9. The molecule has 3 amide bonds. The lowest BCUT2D eigenvalue weighted by Gasteiger charge is -2.31. The molecular weight excluding hydrogens is 559 g/mol. The van der Waals surface area contributed by atoms with Crippen LogP contribution < -0.4 is 21.3 Å². The zero-order valence-electron chi connectivity index (χ0n) is 22.1. The van der Waals surface area contributed by atoms with Crippen molar-refractivity contribution < 1.29 is 14.4 Å². The van der Waals surface area contributed by atoms with E-state index in [1.54, 1.807) is 41.3 Å². The third kappa shape index (κ3) is 6.60. The number of carbonyl (C=O) groups excluding carboxylic acids is 3. The predicted octanol–water partition coefficient (Wildman–Crippen LogP) is 6.04. The van der Waals surface area contributed by atoms with Crippen LogP contribution in [0.5, 0.6) is 0 Å². The molecule has 7 nitrogen and oxygen atoms in total. The second-order valence-corrected chi connectivity index (χ2v) is 10.6. The normalized spacial score (nSPS) is 14.6. The SMILES string of the molecule is NCc1cccc(CNC(=O)c2ccc3c(c2)NC(=O)CC(c2ccc(Cl)cc2Cl)N3C(=O)Cc2ccccc2)c1. The molecule has 0 fully saturated rings. The van der Waals surface area contributed by atoms with Crippen LogP contribution in [0.1, 0.15) is 45.1 Å². The minimum atomic E-state index is -0.688. The average molecular weight is 588 g/mol. The van der Waals surface area contributed by atoms with Gasteiger partial charge in [-0.15, -0.1) is 0 Å². The van der Waals surface area contributed by atoms with E-state index in [1.165, 1.54) is 0 Å². The van der Waals surface area contributed by atoms with Gasteiger partial charge in [-0.2, -0.15) is 0 Å². The third-order valence-corrected chi connectivity index (χ3v) is 7.51. The number of hydrogen-bond donors (Lipinski definition) is 3. The van der Waals surface area contributed by atoms with Gasteiger partial charge >= 0.3 is 0 Å². The molecule has 0 aliphatic carbocycles. The topological polar surface area (TPSA) is 105 Å². The molecule has 208 valence electrons. The van der Waals surface area contributed by atoms with Gasteiger partial charge < -0.3 is 21.3 Å². The highest BCUT2D eigenvalue weighted by Crippen LogP contribution is 2.41. The maximum atomic E-state index is 13.9. The second-order valence-electron chi connectivity index (χ2n) is 9.80. The van der Waals surface area contributed by atoms with Crippen LogP contribution in [0.15, 0.2) is 91.0 Å². The fraction of sp³-hybridized carbons (Fsp3) is 0.156. The monoisotopic (exact) mass is 586 g/mol. The lowest BCUT2D eigenvalue weighted by atomic mass is 9.99. The quantitative estimate of drug-likeness (QED) is 0.245. The van der Waals surface area contributed by atoms with Crippen molar-refractivity contribution >= 4 is 52.3 Å². The standard InChI is InChI=1S/C32H28Cl2N4O3/c33-24-10-11-25(26(34)16-24)29-17-30(39)37-27-15-23(32(41)36-19-22-8-4-7-21(13-22)18-35)9-12-28(27)38(29)31(40)14-20-5-2-1-3-6-20/h1-13,15-16,29H,14,17-19,35H2,(H,36,41)(H,37,39). The summed E-state index contributed by atoms with van der Waals surface area (Å²) in [5.41, 5.74) is 10.2. The Morgan fingerprint density at radius 2 is 1.66 bits per heavy atom. The van der Waals surface area contributed by atoms with Crippen LogP contribution in [0.4, 0.5) is 11.4 Å². The number of amides is 3. The van der Waals surface area contributed by atoms with Gasteiger partial charge in [0.15, 0.2) is 0 Å². The highest BCUT2D eigenvalue weighted by atomic mass is 35.5. The Balaban J connectivity index is 1.49. The Morgan fingerprint density at radius 3 is 2.41 bits per heavy atom. The first kappa shape index (κ1) is 28.4. The van der Waals surface area contributed by atoms with Crippen LogP contribution in [0.25, 0.3) is 0 Å². The molecule has 0 saturated heterocycles. The summed E-state index contributed by atoms with van der Waals surface area (Å²) in [6, 6.07) is 26.3. The predicted molar refractivity (Wildman–Crippen MR) is 162 cm³/mol. The van der Waals surface area contributed by atoms with Gasteiger partial charge in [0.2, 0.25) is 11.8 Å². The molecule has 4 aromatic carbocycles. The first-order valence-corrected chi connectivity index (χ1v) is 13.9. The van der Waals surface area contributed by atoms with E-state index >= 15 is 0 Å². The molecule has 1 unspecified atom stereocenters. The van der Waals surface area contributed by atoms with E-state index in [4.69, 9.17) is 28.9 Å². The molecule has 0 aromatic heterocycles. The highest BCUT2D eigenvalue weighted by molar-refractivity contribution is 6.35. The maximum absolute atomic E-state index is 13.9. The van der Waals surface area contributed by atoms with Crippen LogP contribution in [0, 0.1) is 0 Å². The van der Waals surface area contributed by atoms with Gasteiger partial charge in [-0.3, -0.25) is 14.4 Å². The molecule has 1 atom stereocenters. The molecule has 0 saturated carbocycles. The molecular formula is C32H28Cl2N4O3. The highest BCUT2D eigenvalue weighted by Gasteiger charge is 2.35. The van der Waals surface area contributed by atoms with E-state index in [9.17, 15) is 14.4 Å². The molecule has 1 aliphatic rings. The fourth-order valence-corrected chi connectivity index (χ4v) is 5.49. The number of fused-ring (bicyclic) bond motifs is 1. The number of benzene rings is 4. The Morgan fingerprint density at radius 1 is 0.902 bits per heavy atom. The first-order chi connectivity index (χ1) is 19.8. The van der Waals surface area contributed by atoms with Crippen molar-refractivity contribution in [3.8, 4) is 0 Å². The summed E-state index contributed by atoms with van der Waals surface area (Å²) in [5, 5.41) is 6.60. The molecule has 0 bridgehead atoms. The largest absolute Gasteiger partial charge is 0.348 e. The van der Waals surface area contributed by atoms with Gasteiger partial charge in [-0.05, 0) is 52.6 Å². The molecule has 4 N–H and O–H groups in total. The van der Waals surface area contributed by atoms with Gasteiger partial charge in [0.05, 0.1) is 30.3 Å².